The number of aryl methyl sites for hydroxylation is 2. The summed E-state index contributed by atoms with van der Waals surface area (Å²) in [7, 11) is -0.947. The molecule has 0 bridgehead atoms. The first-order valence-corrected chi connectivity index (χ1v) is 12.8. The predicted molar refractivity (Wildman–Crippen MR) is 138 cm³/mol. The lowest BCUT2D eigenvalue weighted by atomic mass is 10.1. The van der Waals surface area contributed by atoms with Crippen molar-refractivity contribution >= 4 is 33.2 Å². The van der Waals surface area contributed by atoms with Crippen molar-refractivity contribution in [2.75, 3.05) is 25.1 Å². The van der Waals surface area contributed by atoms with E-state index in [0.717, 1.165) is 9.87 Å². The zero-order chi connectivity index (χ0) is 25.8. The molecule has 0 fully saturated rings. The van der Waals surface area contributed by atoms with Crippen LogP contribution in [0.5, 0.6) is 11.5 Å². The summed E-state index contributed by atoms with van der Waals surface area (Å²) in [6.45, 7) is 5.00. The number of amides is 1. The third-order valence-electron chi connectivity index (χ3n) is 5.60. The first-order valence-electron chi connectivity index (χ1n) is 10.9. The third kappa shape index (κ3) is 6.07. The Hall–Kier alpha value is -3.23. The number of nitrogens with one attached hydrogen (secondary N) is 1. The van der Waals surface area contributed by atoms with Crippen LogP contribution in [0.15, 0.2) is 65.6 Å². The minimum absolute atomic E-state index is 0.0905. The first kappa shape index (κ1) is 26.4. The number of methoxy groups -OCH3 is 2. The molecule has 0 heterocycles. The van der Waals surface area contributed by atoms with Crippen molar-refractivity contribution in [1.82, 2.24) is 5.32 Å². The molecule has 9 heteroatoms. The number of nitrogens with zero attached hydrogens (tertiary/aromatic N) is 1. The molecule has 1 atom stereocenters. The molecular formula is C26H29ClN2O5S. The van der Waals surface area contributed by atoms with Gasteiger partial charge < -0.3 is 14.8 Å². The lowest BCUT2D eigenvalue weighted by Crippen LogP contribution is -2.42. The van der Waals surface area contributed by atoms with Crippen molar-refractivity contribution in [1.29, 1.82) is 0 Å². The molecule has 0 spiro atoms. The molecule has 0 aliphatic rings. The standard InChI is InChI=1S/C26H29ClN2O5S/c1-17-6-10-22(11-7-17)35(31,32)29(24-12-8-20(27)14-18(24)2)16-26(30)28-19(3)23-15-21(33-4)9-13-25(23)34-5/h6-15,19H,16H2,1-5H3,(H,28,30)/t19-/m0/s1. The van der Waals surface area contributed by atoms with Gasteiger partial charge in [-0.1, -0.05) is 29.3 Å². The van der Waals surface area contributed by atoms with Crippen LogP contribution in [0.2, 0.25) is 5.02 Å². The van der Waals surface area contributed by atoms with E-state index in [-0.39, 0.29) is 4.90 Å². The minimum atomic E-state index is -4.04. The number of carbonyl (C=O) groups is 1. The van der Waals surface area contributed by atoms with E-state index in [9.17, 15) is 13.2 Å². The highest BCUT2D eigenvalue weighted by atomic mass is 35.5. The molecule has 1 amide bonds. The van der Waals surface area contributed by atoms with Crippen LogP contribution in [-0.2, 0) is 14.8 Å². The van der Waals surface area contributed by atoms with Gasteiger partial charge in [-0.3, -0.25) is 9.10 Å². The molecule has 186 valence electrons. The maximum Gasteiger partial charge on any atom is 0.264 e. The topological polar surface area (TPSA) is 84.9 Å². The van der Waals surface area contributed by atoms with Gasteiger partial charge >= 0.3 is 0 Å². The second-order valence-electron chi connectivity index (χ2n) is 8.15. The summed E-state index contributed by atoms with van der Waals surface area (Å²) in [6.07, 6.45) is 0. The zero-order valence-corrected chi connectivity index (χ0v) is 21.9. The number of anilines is 1. The van der Waals surface area contributed by atoms with Crippen molar-refractivity contribution in [2.24, 2.45) is 0 Å². The summed E-state index contributed by atoms with van der Waals surface area (Å²) in [6, 6.07) is 16.2. The summed E-state index contributed by atoms with van der Waals surface area (Å²) in [5.41, 5.74) is 2.63. The van der Waals surface area contributed by atoms with Gasteiger partial charge in [-0.05, 0) is 74.9 Å². The van der Waals surface area contributed by atoms with E-state index in [1.165, 1.54) is 12.1 Å². The molecule has 0 unspecified atom stereocenters. The normalized spacial score (nSPS) is 12.1. The average Bonchev–Trinajstić information content (AvgIpc) is 2.82. The van der Waals surface area contributed by atoms with Crippen molar-refractivity contribution < 1.29 is 22.7 Å². The molecule has 0 aliphatic heterocycles. The van der Waals surface area contributed by atoms with Crippen LogP contribution in [0, 0.1) is 13.8 Å². The summed E-state index contributed by atoms with van der Waals surface area (Å²) in [4.78, 5) is 13.3. The van der Waals surface area contributed by atoms with Gasteiger partial charge in [0.2, 0.25) is 5.91 Å². The lowest BCUT2D eigenvalue weighted by Gasteiger charge is -2.27. The molecular weight excluding hydrogens is 488 g/mol. The number of ether oxygens (including phenoxy) is 2. The van der Waals surface area contributed by atoms with E-state index >= 15 is 0 Å². The Morgan fingerprint density at radius 1 is 1.00 bits per heavy atom. The number of hydrogen-bond acceptors (Lipinski definition) is 5. The van der Waals surface area contributed by atoms with Gasteiger partial charge in [-0.15, -0.1) is 0 Å². The number of sulfonamides is 1. The fourth-order valence-corrected chi connectivity index (χ4v) is 5.42. The molecule has 35 heavy (non-hydrogen) atoms. The van der Waals surface area contributed by atoms with E-state index < -0.39 is 28.5 Å². The number of rotatable bonds is 9. The smallest absolute Gasteiger partial charge is 0.264 e. The highest BCUT2D eigenvalue weighted by Crippen LogP contribution is 2.31. The molecule has 0 aromatic heterocycles. The monoisotopic (exact) mass is 516 g/mol. The first-order chi connectivity index (χ1) is 16.6. The minimum Gasteiger partial charge on any atom is -0.497 e. The number of benzene rings is 3. The Morgan fingerprint density at radius 3 is 2.29 bits per heavy atom. The Bertz CT molecular complexity index is 1310. The molecule has 3 aromatic carbocycles. The van der Waals surface area contributed by atoms with Crippen LogP contribution >= 0.6 is 11.6 Å². The second-order valence-corrected chi connectivity index (χ2v) is 10.5. The molecule has 3 rings (SSSR count). The number of halogens is 1. The maximum atomic E-state index is 13.6. The van der Waals surface area contributed by atoms with Crippen LogP contribution in [0.4, 0.5) is 5.69 Å². The maximum absolute atomic E-state index is 13.6. The predicted octanol–water partition coefficient (Wildman–Crippen LogP) is 5.05. The Morgan fingerprint density at radius 2 is 1.69 bits per heavy atom. The van der Waals surface area contributed by atoms with Crippen molar-refractivity contribution in [3.63, 3.8) is 0 Å². The van der Waals surface area contributed by atoms with Crippen LogP contribution < -0.4 is 19.1 Å². The molecule has 7 nitrogen and oxygen atoms in total. The summed E-state index contributed by atoms with van der Waals surface area (Å²) in [5.74, 6) is 0.714. The highest BCUT2D eigenvalue weighted by molar-refractivity contribution is 7.92. The van der Waals surface area contributed by atoms with E-state index in [1.54, 1.807) is 76.6 Å². The van der Waals surface area contributed by atoms with E-state index in [2.05, 4.69) is 5.32 Å². The summed E-state index contributed by atoms with van der Waals surface area (Å²) >= 11 is 6.10. The van der Waals surface area contributed by atoms with Gasteiger partial charge in [0.1, 0.15) is 18.0 Å². The molecule has 0 saturated carbocycles. The molecule has 3 aromatic rings. The Balaban J connectivity index is 1.95. The molecule has 0 aliphatic carbocycles. The molecule has 0 radical (unpaired) electrons. The number of hydrogen-bond donors (Lipinski definition) is 1. The number of carbonyl (C=O) groups excluding carboxylic acids is 1. The Kier molecular flexibility index (Phi) is 8.30. The lowest BCUT2D eigenvalue weighted by molar-refractivity contribution is -0.120. The SMILES string of the molecule is COc1ccc(OC)c([C@H](C)NC(=O)CN(c2ccc(Cl)cc2C)S(=O)(=O)c2ccc(C)cc2)c1. The fourth-order valence-electron chi connectivity index (χ4n) is 3.71. The van der Waals surface area contributed by atoms with E-state index in [0.29, 0.717) is 33.3 Å². The van der Waals surface area contributed by atoms with Crippen molar-refractivity contribution in [3.8, 4) is 11.5 Å². The molecule has 1 N–H and O–H groups in total. The largest absolute Gasteiger partial charge is 0.497 e. The highest BCUT2D eigenvalue weighted by Gasteiger charge is 2.29. The van der Waals surface area contributed by atoms with Crippen LogP contribution in [-0.4, -0.2) is 35.1 Å². The summed E-state index contributed by atoms with van der Waals surface area (Å²) in [5, 5.41) is 3.35. The Labute approximate surface area is 211 Å². The van der Waals surface area contributed by atoms with Gasteiger partial charge in [0.05, 0.1) is 30.8 Å². The van der Waals surface area contributed by atoms with Crippen LogP contribution in [0.25, 0.3) is 0 Å². The van der Waals surface area contributed by atoms with Gasteiger partial charge in [0.15, 0.2) is 0 Å². The van der Waals surface area contributed by atoms with E-state index in [1.807, 2.05) is 6.92 Å². The van der Waals surface area contributed by atoms with Crippen LogP contribution in [0.1, 0.15) is 29.7 Å². The van der Waals surface area contributed by atoms with Crippen molar-refractivity contribution in [3.05, 3.63) is 82.4 Å². The van der Waals surface area contributed by atoms with Gasteiger partial charge in [-0.25, -0.2) is 8.42 Å². The second kappa shape index (κ2) is 11.0. The summed E-state index contributed by atoms with van der Waals surface area (Å²) < 4.78 is 39.1. The van der Waals surface area contributed by atoms with Gasteiger partial charge in [-0.2, -0.15) is 0 Å². The quantitative estimate of drug-likeness (QED) is 0.430. The molecule has 0 saturated heterocycles. The average molecular weight is 517 g/mol. The van der Waals surface area contributed by atoms with Gasteiger partial charge in [0, 0.05) is 10.6 Å². The fraction of sp³-hybridized carbons (Fsp3) is 0.269. The van der Waals surface area contributed by atoms with Gasteiger partial charge in [0.25, 0.3) is 10.0 Å². The van der Waals surface area contributed by atoms with E-state index in [4.69, 9.17) is 21.1 Å². The third-order valence-corrected chi connectivity index (χ3v) is 7.61. The van der Waals surface area contributed by atoms with Crippen LogP contribution in [0.3, 0.4) is 0 Å². The van der Waals surface area contributed by atoms with Crippen molar-refractivity contribution in [2.45, 2.75) is 31.7 Å². The zero-order valence-electron chi connectivity index (χ0n) is 20.3.